The number of ether oxygens (including phenoxy) is 3. The Morgan fingerprint density at radius 3 is 2.71 bits per heavy atom. The molecule has 0 bridgehead atoms. The lowest BCUT2D eigenvalue weighted by molar-refractivity contribution is -0.130. The summed E-state index contributed by atoms with van der Waals surface area (Å²) in [6.45, 7) is 5.58. The molecule has 0 aliphatic carbocycles. The number of fused-ring (bicyclic) bond motifs is 1. The molecule has 182 valence electrons. The van der Waals surface area contributed by atoms with E-state index in [1.54, 1.807) is 0 Å². The van der Waals surface area contributed by atoms with Gasteiger partial charge in [-0.1, -0.05) is 11.6 Å². The number of aromatic nitrogens is 1. The number of carbonyl (C=O) groups is 1. The summed E-state index contributed by atoms with van der Waals surface area (Å²) in [6.07, 6.45) is 6.08. The number of hydrogen-bond donors (Lipinski definition) is 1. The van der Waals surface area contributed by atoms with Crippen molar-refractivity contribution >= 4 is 17.5 Å². The number of nitrogens with one attached hydrogen (secondary N) is 1. The molecule has 1 N–H and O–H groups in total. The molecular formula is C25H31ClN4O4. The minimum absolute atomic E-state index is 0.150. The number of nitrogens with zero attached hydrogens (tertiary/aromatic N) is 3. The minimum atomic E-state index is 0.150. The second-order valence-corrected chi connectivity index (χ2v) is 9.35. The third-order valence-corrected chi connectivity index (χ3v) is 7.26. The highest BCUT2D eigenvalue weighted by Crippen LogP contribution is 2.36. The van der Waals surface area contributed by atoms with Gasteiger partial charge in [0, 0.05) is 62.1 Å². The van der Waals surface area contributed by atoms with Crippen molar-refractivity contribution in [3.8, 4) is 11.5 Å². The van der Waals surface area contributed by atoms with Crippen LogP contribution in [0.25, 0.3) is 0 Å². The summed E-state index contributed by atoms with van der Waals surface area (Å²) in [5.41, 5.74) is 2.18. The van der Waals surface area contributed by atoms with E-state index in [1.165, 1.54) is 5.56 Å². The van der Waals surface area contributed by atoms with Gasteiger partial charge in [0.1, 0.15) is 0 Å². The summed E-state index contributed by atoms with van der Waals surface area (Å²) in [5.74, 6) is 1.67. The van der Waals surface area contributed by atoms with Crippen LogP contribution in [0.15, 0.2) is 36.7 Å². The summed E-state index contributed by atoms with van der Waals surface area (Å²) in [7, 11) is 0. The van der Waals surface area contributed by atoms with Gasteiger partial charge in [0.2, 0.25) is 12.7 Å². The number of morpholine rings is 1. The molecule has 5 rings (SSSR count). The number of hydrogen-bond acceptors (Lipinski definition) is 7. The number of rotatable bonds is 9. The van der Waals surface area contributed by atoms with Crippen molar-refractivity contribution in [3.05, 3.63) is 52.8 Å². The van der Waals surface area contributed by atoms with Crippen molar-refractivity contribution < 1.29 is 19.0 Å². The zero-order chi connectivity index (χ0) is 23.3. The molecule has 1 aromatic heterocycles. The van der Waals surface area contributed by atoms with Crippen LogP contribution in [0, 0.1) is 0 Å². The first-order valence-corrected chi connectivity index (χ1v) is 12.4. The molecule has 34 heavy (non-hydrogen) atoms. The second-order valence-electron chi connectivity index (χ2n) is 8.95. The summed E-state index contributed by atoms with van der Waals surface area (Å²) in [6, 6.07) is 8.25. The molecule has 9 heteroatoms. The maximum atomic E-state index is 12.8. The fourth-order valence-electron chi connectivity index (χ4n) is 5.02. The second kappa shape index (κ2) is 10.9. The van der Waals surface area contributed by atoms with Crippen LogP contribution in [0.3, 0.4) is 0 Å². The van der Waals surface area contributed by atoms with E-state index < -0.39 is 0 Å². The zero-order valence-electron chi connectivity index (χ0n) is 19.2. The van der Waals surface area contributed by atoms with E-state index in [0.717, 1.165) is 57.0 Å². The Hall–Kier alpha value is -2.39. The normalized spacial score (nSPS) is 21.3. The van der Waals surface area contributed by atoms with E-state index in [-0.39, 0.29) is 24.8 Å². The van der Waals surface area contributed by atoms with Crippen molar-refractivity contribution in [2.75, 3.05) is 46.2 Å². The largest absolute Gasteiger partial charge is 0.454 e. The average molecular weight is 487 g/mol. The van der Waals surface area contributed by atoms with Gasteiger partial charge >= 0.3 is 0 Å². The highest BCUT2D eigenvalue weighted by Gasteiger charge is 2.34. The number of amides is 1. The van der Waals surface area contributed by atoms with Crippen LogP contribution >= 0.6 is 11.6 Å². The quantitative estimate of drug-likeness (QED) is 0.546. The van der Waals surface area contributed by atoms with E-state index in [9.17, 15) is 4.79 Å². The third kappa shape index (κ3) is 5.30. The number of carbonyl (C=O) groups excluding carboxylic acids is 1. The molecule has 2 fully saturated rings. The smallest absolute Gasteiger partial charge is 0.231 e. The van der Waals surface area contributed by atoms with Crippen LogP contribution < -0.4 is 14.8 Å². The van der Waals surface area contributed by atoms with Crippen molar-refractivity contribution in [1.29, 1.82) is 0 Å². The van der Waals surface area contributed by atoms with Gasteiger partial charge in [-0.15, -0.1) is 0 Å². The molecule has 2 saturated heterocycles. The molecule has 1 amide bonds. The summed E-state index contributed by atoms with van der Waals surface area (Å²) >= 11 is 6.40. The van der Waals surface area contributed by atoms with Gasteiger partial charge in [0.05, 0.1) is 19.3 Å². The van der Waals surface area contributed by atoms with E-state index >= 15 is 0 Å². The SMILES string of the molecule is O=C1CC[C@@H](CCNCc2cc3c(cc2Cl)OCO3)N1C[C@@H](c1ccncc1)N1CCOCC1. The van der Waals surface area contributed by atoms with E-state index in [1.807, 2.05) is 24.5 Å². The predicted octanol–water partition coefficient (Wildman–Crippen LogP) is 3.01. The monoisotopic (exact) mass is 486 g/mol. The lowest BCUT2D eigenvalue weighted by Crippen LogP contribution is -2.46. The molecule has 8 nitrogen and oxygen atoms in total. The van der Waals surface area contributed by atoms with Crippen molar-refractivity contribution in [3.63, 3.8) is 0 Å². The molecule has 1 aromatic carbocycles. The number of benzene rings is 1. The first-order chi connectivity index (χ1) is 16.7. The van der Waals surface area contributed by atoms with E-state index in [4.69, 9.17) is 25.8 Å². The molecule has 0 unspecified atom stereocenters. The molecule has 2 aromatic rings. The van der Waals surface area contributed by atoms with Gasteiger partial charge in [-0.05, 0) is 48.7 Å². The highest BCUT2D eigenvalue weighted by atomic mass is 35.5. The first kappa shape index (κ1) is 23.4. The number of halogens is 1. The third-order valence-electron chi connectivity index (χ3n) is 6.91. The van der Waals surface area contributed by atoms with Crippen LogP contribution in [0.1, 0.15) is 36.4 Å². The van der Waals surface area contributed by atoms with E-state index in [0.29, 0.717) is 30.3 Å². The van der Waals surface area contributed by atoms with Crippen LogP contribution in [0.5, 0.6) is 11.5 Å². The maximum absolute atomic E-state index is 12.8. The molecule has 4 heterocycles. The van der Waals surface area contributed by atoms with Crippen LogP contribution in [-0.4, -0.2) is 72.9 Å². The highest BCUT2D eigenvalue weighted by molar-refractivity contribution is 6.31. The van der Waals surface area contributed by atoms with Gasteiger partial charge in [-0.25, -0.2) is 0 Å². The lowest BCUT2D eigenvalue weighted by atomic mass is 10.0. The molecular weight excluding hydrogens is 456 g/mol. The molecule has 3 aliphatic rings. The maximum Gasteiger partial charge on any atom is 0.231 e. The van der Waals surface area contributed by atoms with Crippen LogP contribution in [0.4, 0.5) is 0 Å². The topological polar surface area (TPSA) is 76.2 Å². The molecule has 3 aliphatic heterocycles. The Labute approximate surface area is 205 Å². The van der Waals surface area contributed by atoms with Gasteiger partial charge < -0.3 is 24.4 Å². The summed E-state index contributed by atoms with van der Waals surface area (Å²) < 4.78 is 16.4. The average Bonchev–Trinajstić information content (AvgIpc) is 3.47. The number of pyridine rings is 1. The van der Waals surface area contributed by atoms with Crippen LogP contribution in [0.2, 0.25) is 5.02 Å². The molecule has 0 radical (unpaired) electrons. The number of likely N-dealkylation sites (tertiary alicyclic amines) is 1. The zero-order valence-corrected chi connectivity index (χ0v) is 20.0. The Bertz CT molecular complexity index is 986. The van der Waals surface area contributed by atoms with Crippen LogP contribution in [-0.2, 0) is 16.1 Å². The van der Waals surface area contributed by atoms with Crippen molar-refractivity contribution in [1.82, 2.24) is 20.1 Å². The van der Waals surface area contributed by atoms with Crippen molar-refractivity contribution in [2.24, 2.45) is 0 Å². The van der Waals surface area contributed by atoms with Gasteiger partial charge in [-0.3, -0.25) is 14.7 Å². The van der Waals surface area contributed by atoms with E-state index in [2.05, 4.69) is 32.2 Å². The fourth-order valence-corrected chi connectivity index (χ4v) is 5.24. The summed E-state index contributed by atoms with van der Waals surface area (Å²) in [5, 5.41) is 4.16. The first-order valence-electron chi connectivity index (χ1n) is 12.0. The summed E-state index contributed by atoms with van der Waals surface area (Å²) in [4.78, 5) is 21.6. The Kier molecular flexibility index (Phi) is 7.49. The Balaban J connectivity index is 1.19. The predicted molar refractivity (Wildman–Crippen MR) is 128 cm³/mol. The fraction of sp³-hybridized carbons (Fsp3) is 0.520. The lowest BCUT2D eigenvalue weighted by Gasteiger charge is -2.38. The van der Waals surface area contributed by atoms with Gasteiger partial charge in [0.25, 0.3) is 0 Å². The van der Waals surface area contributed by atoms with Crippen molar-refractivity contribution in [2.45, 2.75) is 37.9 Å². The van der Waals surface area contributed by atoms with Gasteiger partial charge in [-0.2, -0.15) is 0 Å². The Morgan fingerprint density at radius 1 is 1.15 bits per heavy atom. The molecule has 2 atom stereocenters. The molecule has 0 saturated carbocycles. The Morgan fingerprint density at radius 2 is 1.91 bits per heavy atom. The minimum Gasteiger partial charge on any atom is -0.454 e. The molecule has 0 spiro atoms. The van der Waals surface area contributed by atoms with Gasteiger partial charge in [0.15, 0.2) is 11.5 Å². The standard InChI is InChI=1S/C25H31ClN4O4/c26-21-14-24-23(33-17-34-24)13-19(21)15-28-8-5-20-1-2-25(31)30(20)16-22(18-3-6-27-7-4-18)29-9-11-32-12-10-29/h3-4,6-7,13-14,20,22,28H,1-2,5,8-12,15-17H2/t20-,22-/m0/s1.